The second-order valence-electron chi connectivity index (χ2n) is 2.71. The maximum absolute atomic E-state index is 11.9. The lowest BCUT2D eigenvalue weighted by atomic mass is 10.1. The molecule has 0 aliphatic rings. The SMILES string of the molecule is [2H]C([2H])([2H])N(CC(=O)c1ccc(O)c(O)c1)C([2H])([2H])[2H]. The molecule has 0 saturated carbocycles. The molecule has 4 heteroatoms. The largest absolute Gasteiger partial charge is 0.504 e. The van der Waals surface area contributed by atoms with Gasteiger partial charge in [0.25, 0.3) is 0 Å². The van der Waals surface area contributed by atoms with Gasteiger partial charge in [-0.3, -0.25) is 4.79 Å². The van der Waals surface area contributed by atoms with Crippen molar-refractivity contribution in [2.45, 2.75) is 0 Å². The second-order valence-corrected chi connectivity index (χ2v) is 2.71. The fourth-order valence-corrected chi connectivity index (χ4v) is 0.932. The Kier molecular flexibility index (Phi) is 1.41. The topological polar surface area (TPSA) is 60.8 Å². The van der Waals surface area contributed by atoms with E-state index >= 15 is 0 Å². The number of hydrogen-bond donors (Lipinski definition) is 2. The van der Waals surface area contributed by atoms with Gasteiger partial charge in [0.05, 0.1) is 6.54 Å². The summed E-state index contributed by atoms with van der Waals surface area (Å²) in [5.74, 6) is -1.79. The van der Waals surface area contributed by atoms with E-state index in [1.807, 2.05) is 0 Å². The van der Waals surface area contributed by atoms with Crippen LogP contribution < -0.4 is 0 Å². The van der Waals surface area contributed by atoms with Crippen LogP contribution in [0.2, 0.25) is 0 Å². The first kappa shape index (κ1) is 4.79. The summed E-state index contributed by atoms with van der Waals surface area (Å²) in [5, 5.41) is 18.4. The lowest BCUT2D eigenvalue weighted by Gasteiger charge is -2.08. The van der Waals surface area contributed by atoms with Crippen molar-refractivity contribution in [1.29, 1.82) is 0 Å². The van der Waals surface area contributed by atoms with Crippen molar-refractivity contribution >= 4 is 5.78 Å². The highest BCUT2D eigenvalue weighted by Gasteiger charge is 2.09. The Morgan fingerprint density at radius 2 is 2.14 bits per heavy atom. The van der Waals surface area contributed by atoms with Crippen molar-refractivity contribution in [3.63, 3.8) is 0 Å². The zero-order chi connectivity index (χ0) is 15.7. The maximum atomic E-state index is 11.9. The Hall–Kier alpha value is -1.55. The number of hydrogen-bond acceptors (Lipinski definition) is 4. The molecule has 0 fully saturated rings. The Morgan fingerprint density at radius 1 is 1.43 bits per heavy atom. The number of carbonyl (C=O) groups is 1. The summed E-state index contributed by atoms with van der Waals surface area (Å²) in [5.41, 5.74) is -0.0983. The van der Waals surface area contributed by atoms with E-state index in [2.05, 4.69) is 0 Å². The number of Topliss-reactive ketones (excluding diaryl/α,β-unsaturated/α-hetero) is 1. The highest BCUT2D eigenvalue weighted by molar-refractivity contribution is 5.98. The number of aromatic hydroxyl groups is 2. The van der Waals surface area contributed by atoms with E-state index < -0.39 is 37.8 Å². The third-order valence-corrected chi connectivity index (χ3v) is 1.60. The standard InChI is InChI=1S/C10H13NO3/c1-11(2)6-10(14)7-3-4-8(12)9(13)5-7/h3-5,12-13H,6H2,1-2H3/i1D3,2D3. The van der Waals surface area contributed by atoms with Gasteiger partial charge in [0.1, 0.15) is 0 Å². The first-order valence-electron chi connectivity index (χ1n) is 6.76. The molecule has 0 radical (unpaired) electrons. The van der Waals surface area contributed by atoms with E-state index in [4.69, 9.17) is 13.3 Å². The molecule has 4 nitrogen and oxygen atoms in total. The van der Waals surface area contributed by atoms with Gasteiger partial charge in [0.2, 0.25) is 0 Å². The molecular formula is C10H13NO3. The van der Waals surface area contributed by atoms with Crippen molar-refractivity contribution in [2.24, 2.45) is 0 Å². The number of carbonyl (C=O) groups excluding carboxylic acids is 1. The average molecular weight is 201 g/mol. The monoisotopic (exact) mass is 201 g/mol. The first-order chi connectivity index (χ1) is 8.93. The highest BCUT2D eigenvalue weighted by Crippen LogP contribution is 2.24. The molecule has 0 atom stereocenters. The summed E-state index contributed by atoms with van der Waals surface area (Å²) in [6.45, 7) is -6.78. The van der Waals surface area contributed by atoms with E-state index in [1.54, 1.807) is 0 Å². The van der Waals surface area contributed by atoms with Crippen LogP contribution >= 0.6 is 0 Å². The van der Waals surface area contributed by atoms with Gasteiger partial charge >= 0.3 is 0 Å². The summed E-state index contributed by atoms with van der Waals surface area (Å²) in [6.07, 6.45) is 0. The highest BCUT2D eigenvalue weighted by atomic mass is 16.3. The minimum absolute atomic E-state index is 0.0983. The Labute approximate surface area is 90.8 Å². The molecule has 0 heterocycles. The Balaban J connectivity index is 3.00. The normalized spacial score (nSPS) is 18.6. The molecule has 14 heavy (non-hydrogen) atoms. The van der Waals surface area contributed by atoms with Crippen LogP contribution in [-0.4, -0.2) is 41.4 Å². The van der Waals surface area contributed by atoms with Crippen LogP contribution in [0.1, 0.15) is 18.6 Å². The second kappa shape index (κ2) is 4.11. The van der Waals surface area contributed by atoms with Crippen molar-refractivity contribution in [3.8, 4) is 11.5 Å². The number of ketones is 1. The van der Waals surface area contributed by atoms with Crippen LogP contribution in [0.4, 0.5) is 0 Å². The van der Waals surface area contributed by atoms with E-state index in [1.165, 1.54) is 0 Å². The molecule has 0 aliphatic carbocycles. The molecule has 0 aromatic heterocycles. The minimum Gasteiger partial charge on any atom is -0.504 e. The van der Waals surface area contributed by atoms with Gasteiger partial charge in [-0.25, -0.2) is 0 Å². The maximum Gasteiger partial charge on any atom is 0.176 e. The summed E-state index contributed by atoms with van der Waals surface area (Å²) in [6, 6.07) is 3.15. The van der Waals surface area contributed by atoms with E-state index in [0.29, 0.717) is 0 Å². The van der Waals surface area contributed by atoms with Crippen molar-refractivity contribution in [2.75, 3.05) is 20.5 Å². The van der Waals surface area contributed by atoms with Crippen LogP contribution in [0.25, 0.3) is 0 Å². The molecule has 1 aromatic carbocycles. The van der Waals surface area contributed by atoms with Crippen LogP contribution in [0, 0.1) is 0 Å². The number of phenolic OH excluding ortho intramolecular Hbond substituents is 2. The summed E-state index contributed by atoms with van der Waals surface area (Å²) in [4.78, 5) is 12.0. The third-order valence-electron chi connectivity index (χ3n) is 1.60. The number of nitrogens with zero attached hydrogens (tertiary/aromatic N) is 1. The predicted octanol–water partition coefficient (Wildman–Crippen LogP) is 0.842. The lowest BCUT2D eigenvalue weighted by molar-refractivity contribution is 0.0957. The van der Waals surface area contributed by atoms with Gasteiger partial charge in [-0.1, -0.05) is 0 Å². The molecule has 1 rings (SSSR count). The van der Waals surface area contributed by atoms with Gasteiger partial charge in [-0.2, -0.15) is 0 Å². The van der Waals surface area contributed by atoms with Crippen LogP contribution in [0.3, 0.4) is 0 Å². The molecule has 0 aliphatic heterocycles. The van der Waals surface area contributed by atoms with Crippen molar-refractivity contribution in [1.82, 2.24) is 4.90 Å². The summed E-state index contributed by atoms with van der Waals surface area (Å²) < 4.78 is 42.8. The fraction of sp³-hybridized carbons (Fsp3) is 0.300. The third kappa shape index (κ3) is 2.47. The van der Waals surface area contributed by atoms with Crippen molar-refractivity contribution < 1.29 is 23.2 Å². The van der Waals surface area contributed by atoms with E-state index in [0.717, 1.165) is 18.2 Å². The molecule has 0 bridgehead atoms. The summed E-state index contributed by atoms with van der Waals surface area (Å²) in [7, 11) is 0. The van der Waals surface area contributed by atoms with Gasteiger partial charge in [-0.15, -0.1) is 0 Å². The molecule has 0 amide bonds. The number of phenols is 2. The van der Waals surface area contributed by atoms with Crippen LogP contribution in [0.5, 0.6) is 11.5 Å². The number of rotatable bonds is 3. The zero-order valence-corrected chi connectivity index (χ0v) is 7.19. The Morgan fingerprint density at radius 3 is 2.71 bits per heavy atom. The minimum atomic E-state index is -2.96. The molecular weight excluding hydrogens is 182 g/mol. The number of likely N-dealkylation sites (N-methyl/N-ethyl adjacent to an activating group) is 1. The fourth-order valence-electron chi connectivity index (χ4n) is 0.932. The quantitative estimate of drug-likeness (QED) is 0.562. The molecule has 0 unspecified atom stereocenters. The van der Waals surface area contributed by atoms with Gasteiger partial charge in [-0.05, 0) is 32.2 Å². The predicted molar refractivity (Wildman–Crippen MR) is 52.7 cm³/mol. The van der Waals surface area contributed by atoms with Crippen LogP contribution in [0.15, 0.2) is 18.2 Å². The molecule has 0 saturated heterocycles. The lowest BCUT2D eigenvalue weighted by Crippen LogP contribution is -2.21. The average Bonchev–Trinajstić information content (AvgIpc) is 2.26. The molecule has 2 N–H and O–H groups in total. The van der Waals surface area contributed by atoms with Crippen LogP contribution in [-0.2, 0) is 0 Å². The van der Waals surface area contributed by atoms with E-state index in [9.17, 15) is 9.90 Å². The van der Waals surface area contributed by atoms with Gasteiger partial charge < -0.3 is 15.1 Å². The smallest absolute Gasteiger partial charge is 0.176 e. The first-order valence-corrected chi connectivity index (χ1v) is 3.76. The molecule has 76 valence electrons. The van der Waals surface area contributed by atoms with Crippen molar-refractivity contribution in [3.05, 3.63) is 23.8 Å². The number of benzene rings is 1. The molecule has 0 spiro atoms. The zero-order valence-electron chi connectivity index (χ0n) is 13.2. The molecule has 1 aromatic rings. The summed E-state index contributed by atoms with van der Waals surface area (Å²) >= 11 is 0. The van der Waals surface area contributed by atoms with Gasteiger partial charge in [0.15, 0.2) is 17.3 Å². The Bertz CT molecular complexity index is 497. The van der Waals surface area contributed by atoms with E-state index in [-0.39, 0.29) is 10.5 Å². The van der Waals surface area contributed by atoms with Gasteiger partial charge in [0, 0.05) is 13.8 Å².